The molecule has 5 heteroatoms. The second-order valence-electron chi connectivity index (χ2n) is 4.21. The van der Waals surface area contributed by atoms with Gasteiger partial charge >= 0.3 is 0 Å². The minimum atomic E-state index is -0.428. The summed E-state index contributed by atoms with van der Waals surface area (Å²) in [7, 11) is 0. The zero-order valence-corrected chi connectivity index (χ0v) is 10.6. The van der Waals surface area contributed by atoms with Gasteiger partial charge < -0.3 is 10.6 Å². The zero-order valence-electron chi connectivity index (χ0n) is 9.89. The summed E-state index contributed by atoms with van der Waals surface area (Å²) in [5.41, 5.74) is 0.495. The number of hydrogen-bond donors (Lipinski definition) is 2. The molecule has 0 unspecified atom stereocenters. The quantitative estimate of drug-likeness (QED) is 0.853. The molecule has 0 aliphatic heterocycles. The molecule has 0 saturated heterocycles. The van der Waals surface area contributed by atoms with Crippen molar-refractivity contribution in [2.45, 2.75) is 13.8 Å². The lowest BCUT2D eigenvalue weighted by molar-refractivity contribution is -0.119. The minimum Gasteiger partial charge on any atom is -0.376 e. The number of rotatable bonds is 5. The molecule has 0 radical (unpaired) electrons. The summed E-state index contributed by atoms with van der Waals surface area (Å²) in [6, 6.07) is 4.08. The Kier molecular flexibility index (Phi) is 5.22. The minimum absolute atomic E-state index is 0.104. The van der Waals surface area contributed by atoms with Crippen molar-refractivity contribution in [2.24, 2.45) is 5.92 Å². The second-order valence-corrected chi connectivity index (χ2v) is 4.65. The largest absolute Gasteiger partial charge is 0.376 e. The Bertz CT molecular complexity index is 376. The van der Waals surface area contributed by atoms with Crippen molar-refractivity contribution in [1.82, 2.24) is 5.32 Å². The van der Waals surface area contributed by atoms with Crippen molar-refractivity contribution in [3.63, 3.8) is 0 Å². The maximum atomic E-state index is 13.0. The van der Waals surface area contributed by atoms with Gasteiger partial charge in [-0.3, -0.25) is 4.79 Å². The number of amides is 1. The molecule has 0 saturated carbocycles. The van der Waals surface area contributed by atoms with Crippen LogP contribution in [0.4, 0.5) is 10.1 Å². The van der Waals surface area contributed by atoms with Crippen molar-refractivity contribution in [3.05, 3.63) is 29.0 Å². The lowest BCUT2D eigenvalue weighted by Gasteiger charge is -2.09. The molecule has 0 fully saturated rings. The first kappa shape index (κ1) is 13.8. The number of benzene rings is 1. The van der Waals surface area contributed by atoms with Crippen molar-refractivity contribution >= 4 is 23.2 Å². The lowest BCUT2D eigenvalue weighted by Crippen LogP contribution is -2.32. The molecule has 1 rings (SSSR count). The van der Waals surface area contributed by atoms with Gasteiger partial charge in [0.25, 0.3) is 0 Å². The van der Waals surface area contributed by atoms with E-state index in [-0.39, 0.29) is 12.5 Å². The molecular formula is C12H16ClFN2O. The van der Waals surface area contributed by atoms with Gasteiger partial charge in [-0.05, 0) is 24.1 Å². The molecule has 0 bridgehead atoms. The number of carbonyl (C=O) groups excluding carboxylic acids is 1. The fraction of sp³-hybridized carbons (Fsp3) is 0.417. The van der Waals surface area contributed by atoms with Crippen LogP contribution in [0.5, 0.6) is 0 Å². The average molecular weight is 259 g/mol. The third-order valence-corrected chi connectivity index (χ3v) is 2.24. The highest BCUT2D eigenvalue weighted by atomic mass is 35.5. The third-order valence-electron chi connectivity index (χ3n) is 2.02. The molecule has 94 valence electrons. The molecule has 0 atom stereocenters. The summed E-state index contributed by atoms with van der Waals surface area (Å²) in [5.74, 6) is -0.149. The van der Waals surface area contributed by atoms with E-state index in [4.69, 9.17) is 11.6 Å². The third kappa shape index (κ3) is 5.54. The Morgan fingerprint density at radius 1 is 1.41 bits per heavy atom. The van der Waals surface area contributed by atoms with Crippen LogP contribution in [0.2, 0.25) is 5.02 Å². The van der Waals surface area contributed by atoms with E-state index in [1.54, 1.807) is 6.07 Å². The van der Waals surface area contributed by atoms with Crippen molar-refractivity contribution in [2.75, 3.05) is 18.4 Å². The first-order chi connectivity index (χ1) is 7.97. The summed E-state index contributed by atoms with van der Waals surface area (Å²) >= 11 is 5.69. The molecule has 3 nitrogen and oxygen atoms in total. The normalized spacial score (nSPS) is 10.4. The van der Waals surface area contributed by atoms with Crippen LogP contribution in [-0.2, 0) is 4.79 Å². The second kappa shape index (κ2) is 6.45. The molecule has 1 aromatic carbocycles. The number of carbonyl (C=O) groups is 1. The van der Waals surface area contributed by atoms with E-state index < -0.39 is 5.82 Å². The van der Waals surface area contributed by atoms with Crippen LogP contribution in [0.3, 0.4) is 0 Å². The number of hydrogen-bond acceptors (Lipinski definition) is 2. The van der Waals surface area contributed by atoms with Crippen molar-refractivity contribution in [1.29, 1.82) is 0 Å². The Morgan fingerprint density at radius 3 is 2.71 bits per heavy atom. The number of halogens is 2. The van der Waals surface area contributed by atoms with Gasteiger partial charge in [0.2, 0.25) is 5.91 Å². The van der Waals surface area contributed by atoms with Gasteiger partial charge in [-0.2, -0.15) is 0 Å². The first-order valence-corrected chi connectivity index (χ1v) is 5.82. The van der Waals surface area contributed by atoms with Crippen molar-refractivity contribution < 1.29 is 9.18 Å². The van der Waals surface area contributed by atoms with E-state index in [0.29, 0.717) is 23.2 Å². The molecule has 1 aromatic rings. The molecule has 2 N–H and O–H groups in total. The highest BCUT2D eigenvalue weighted by molar-refractivity contribution is 6.30. The van der Waals surface area contributed by atoms with Gasteiger partial charge in [-0.25, -0.2) is 4.39 Å². The maximum Gasteiger partial charge on any atom is 0.239 e. The summed E-state index contributed by atoms with van der Waals surface area (Å²) in [6.07, 6.45) is 0. The van der Waals surface area contributed by atoms with Gasteiger partial charge in [-0.15, -0.1) is 0 Å². The monoisotopic (exact) mass is 258 g/mol. The highest BCUT2D eigenvalue weighted by Crippen LogP contribution is 2.17. The Labute approximate surface area is 105 Å². The maximum absolute atomic E-state index is 13.0. The highest BCUT2D eigenvalue weighted by Gasteiger charge is 2.03. The molecule has 0 spiro atoms. The fourth-order valence-electron chi connectivity index (χ4n) is 1.22. The Morgan fingerprint density at radius 2 is 2.12 bits per heavy atom. The van der Waals surface area contributed by atoms with E-state index in [0.717, 1.165) is 0 Å². The first-order valence-electron chi connectivity index (χ1n) is 5.44. The average Bonchev–Trinajstić information content (AvgIpc) is 2.22. The molecule has 0 aliphatic carbocycles. The predicted octanol–water partition coefficient (Wildman–Crippen LogP) is 2.66. The van der Waals surface area contributed by atoms with Crippen LogP contribution in [-0.4, -0.2) is 19.0 Å². The SMILES string of the molecule is CC(C)CNC(=O)CNc1cc(F)cc(Cl)c1. The summed E-state index contributed by atoms with van der Waals surface area (Å²) in [5, 5.41) is 5.87. The van der Waals surface area contributed by atoms with E-state index in [2.05, 4.69) is 10.6 Å². The molecule has 0 heterocycles. The van der Waals surface area contributed by atoms with Crippen LogP contribution in [0.25, 0.3) is 0 Å². The lowest BCUT2D eigenvalue weighted by atomic mass is 10.2. The smallest absolute Gasteiger partial charge is 0.239 e. The van der Waals surface area contributed by atoms with E-state index in [9.17, 15) is 9.18 Å². The molecule has 1 amide bonds. The van der Waals surface area contributed by atoms with Gasteiger partial charge in [0.1, 0.15) is 5.82 Å². The van der Waals surface area contributed by atoms with E-state index in [1.807, 2.05) is 13.8 Å². The Hall–Kier alpha value is -1.29. The standard InChI is InChI=1S/C12H16ClFN2O/c1-8(2)6-16-12(17)7-15-11-4-9(13)3-10(14)5-11/h3-5,8,15H,6-7H2,1-2H3,(H,16,17). The predicted molar refractivity (Wildman–Crippen MR) is 67.7 cm³/mol. The van der Waals surface area contributed by atoms with Crippen LogP contribution >= 0.6 is 11.6 Å². The Balaban J connectivity index is 2.42. The van der Waals surface area contributed by atoms with Gasteiger partial charge in [0.05, 0.1) is 6.54 Å². The number of anilines is 1. The number of nitrogens with one attached hydrogen (secondary N) is 2. The van der Waals surface area contributed by atoms with Crippen LogP contribution in [0.15, 0.2) is 18.2 Å². The molecular weight excluding hydrogens is 243 g/mol. The van der Waals surface area contributed by atoms with E-state index in [1.165, 1.54) is 12.1 Å². The van der Waals surface area contributed by atoms with E-state index >= 15 is 0 Å². The molecule has 0 aliphatic rings. The van der Waals surface area contributed by atoms with Crippen LogP contribution < -0.4 is 10.6 Å². The van der Waals surface area contributed by atoms with Gasteiger partial charge in [-0.1, -0.05) is 25.4 Å². The van der Waals surface area contributed by atoms with Gasteiger partial charge in [0, 0.05) is 17.3 Å². The van der Waals surface area contributed by atoms with Crippen LogP contribution in [0, 0.1) is 11.7 Å². The summed E-state index contributed by atoms with van der Waals surface area (Å²) < 4.78 is 13.0. The molecule has 0 aromatic heterocycles. The van der Waals surface area contributed by atoms with Gasteiger partial charge in [0.15, 0.2) is 0 Å². The zero-order chi connectivity index (χ0) is 12.8. The fourth-order valence-corrected chi connectivity index (χ4v) is 1.44. The molecule has 17 heavy (non-hydrogen) atoms. The van der Waals surface area contributed by atoms with Crippen LogP contribution in [0.1, 0.15) is 13.8 Å². The summed E-state index contributed by atoms with van der Waals surface area (Å²) in [6.45, 7) is 4.76. The van der Waals surface area contributed by atoms with Crippen molar-refractivity contribution in [3.8, 4) is 0 Å². The topological polar surface area (TPSA) is 41.1 Å². The summed E-state index contributed by atoms with van der Waals surface area (Å²) in [4.78, 5) is 11.4.